The van der Waals surface area contributed by atoms with Crippen molar-refractivity contribution >= 4 is 5.97 Å². The number of carbonyl (C=O) groups excluding carboxylic acids is 1. The van der Waals surface area contributed by atoms with Gasteiger partial charge in [-0.1, -0.05) is 57.4 Å². The Hall–Kier alpha value is -1.83. The predicted molar refractivity (Wildman–Crippen MR) is 151 cm³/mol. The van der Waals surface area contributed by atoms with E-state index in [1.807, 2.05) is 6.08 Å². The van der Waals surface area contributed by atoms with Gasteiger partial charge in [0.25, 0.3) is 0 Å². The van der Waals surface area contributed by atoms with E-state index in [2.05, 4.69) is 32.1 Å². The summed E-state index contributed by atoms with van der Waals surface area (Å²) in [5.74, 6) is 1.18. The quantitative estimate of drug-likeness (QED) is 0.103. The fourth-order valence-corrected chi connectivity index (χ4v) is 5.66. The lowest BCUT2D eigenvalue weighted by atomic mass is 9.90. The van der Waals surface area contributed by atoms with Crippen molar-refractivity contribution < 1.29 is 33.6 Å². The first kappa shape index (κ1) is 31.7. The Morgan fingerprint density at radius 3 is 2.33 bits per heavy atom. The fraction of sp³-hybridized carbons (Fsp3) is 0.781. The third-order valence-corrected chi connectivity index (χ3v) is 8.11. The van der Waals surface area contributed by atoms with E-state index < -0.39 is 18.5 Å². The van der Waals surface area contributed by atoms with Gasteiger partial charge in [-0.2, -0.15) is 0 Å². The van der Waals surface area contributed by atoms with Gasteiger partial charge in [-0.25, -0.2) is 4.79 Å². The molecule has 0 aromatic rings. The van der Waals surface area contributed by atoms with Crippen molar-refractivity contribution in [2.45, 2.75) is 122 Å². The maximum atomic E-state index is 12.8. The summed E-state index contributed by atoms with van der Waals surface area (Å²) in [5, 5.41) is 10.7. The van der Waals surface area contributed by atoms with Gasteiger partial charge in [0.1, 0.15) is 0 Å². The number of hydrogen-bond donors (Lipinski definition) is 1. The molecule has 2 saturated heterocycles. The highest BCUT2D eigenvalue weighted by Crippen LogP contribution is 2.36. The Balaban J connectivity index is 1.65. The maximum absolute atomic E-state index is 12.8. The van der Waals surface area contributed by atoms with Crippen molar-refractivity contribution in [3.63, 3.8) is 0 Å². The second-order valence-corrected chi connectivity index (χ2v) is 11.4. The van der Waals surface area contributed by atoms with Gasteiger partial charge in [0.15, 0.2) is 18.3 Å². The smallest absolute Gasteiger partial charge is 0.377 e. The van der Waals surface area contributed by atoms with Gasteiger partial charge in [0.05, 0.1) is 26.4 Å². The minimum atomic E-state index is -0.576. The average Bonchev–Trinajstić information content (AvgIpc) is 3.31. The minimum Gasteiger partial charge on any atom is -0.465 e. The highest BCUT2D eigenvalue weighted by molar-refractivity contribution is 5.86. The summed E-state index contributed by atoms with van der Waals surface area (Å²) in [6.07, 6.45) is 20.9. The first-order chi connectivity index (χ1) is 19.0. The zero-order valence-electron chi connectivity index (χ0n) is 24.5. The number of esters is 1. The van der Waals surface area contributed by atoms with Crippen molar-refractivity contribution in [3.8, 4) is 0 Å². The molecule has 222 valence electrons. The van der Waals surface area contributed by atoms with Crippen LogP contribution in [0.5, 0.6) is 0 Å². The molecule has 0 bridgehead atoms. The number of allylic oxidation sites excluding steroid dienone is 4. The molecule has 1 N–H and O–H groups in total. The Bertz CT molecular complexity index is 792. The van der Waals surface area contributed by atoms with Crippen molar-refractivity contribution in [2.75, 3.05) is 20.3 Å². The molecule has 0 aromatic heterocycles. The number of ether oxygens (including phenoxy) is 5. The van der Waals surface area contributed by atoms with E-state index in [4.69, 9.17) is 23.7 Å². The van der Waals surface area contributed by atoms with Gasteiger partial charge >= 0.3 is 5.97 Å². The highest BCUT2D eigenvalue weighted by atomic mass is 16.7. The molecule has 0 amide bonds. The van der Waals surface area contributed by atoms with E-state index in [-0.39, 0.29) is 17.8 Å². The number of methoxy groups -OCH3 is 1. The van der Waals surface area contributed by atoms with Gasteiger partial charge in [0.2, 0.25) is 5.76 Å². The normalized spacial score (nSPS) is 29.4. The lowest BCUT2D eigenvalue weighted by molar-refractivity contribution is -0.171. The predicted octanol–water partition coefficient (Wildman–Crippen LogP) is 6.95. The minimum absolute atomic E-state index is 0.0575. The lowest BCUT2D eigenvalue weighted by Gasteiger charge is -2.28. The van der Waals surface area contributed by atoms with Gasteiger partial charge in [-0.05, 0) is 69.1 Å². The SMILES string of the molecule is CCCC[C@@H](C)C/C=C/[C@H]1CC[C@H](O)[C@@H]1C/C=C\C/C(OC1CCCCO1)=C(\OC1CCCCO1)C(=O)OC. The zero-order valence-corrected chi connectivity index (χ0v) is 24.5. The Kier molecular flexibility index (Phi) is 14.4. The van der Waals surface area contributed by atoms with E-state index in [1.54, 1.807) is 0 Å². The molecule has 3 rings (SSSR count). The van der Waals surface area contributed by atoms with Gasteiger partial charge in [-0.3, -0.25) is 0 Å². The van der Waals surface area contributed by atoms with Crippen LogP contribution in [0.25, 0.3) is 0 Å². The molecule has 2 heterocycles. The summed E-state index contributed by atoms with van der Waals surface area (Å²) < 4.78 is 28.8. The summed E-state index contributed by atoms with van der Waals surface area (Å²) in [7, 11) is 1.34. The molecular weight excluding hydrogens is 496 g/mol. The fourth-order valence-electron chi connectivity index (χ4n) is 5.66. The van der Waals surface area contributed by atoms with Crippen molar-refractivity contribution in [1.29, 1.82) is 0 Å². The molecule has 2 aliphatic heterocycles. The topological polar surface area (TPSA) is 83.5 Å². The summed E-state index contributed by atoms with van der Waals surface area (Å²) in [6, 6.07) is 0. The highest BCUT2D eigenvalue weighted by Gasteiger charge is 2.32. The van der Waals surface area contributed by atoms with E-state index >= 15 is 0 Å². The zero-order chi connectivity index (χ0) is 27.9. The molecule has 2 unspecified atom stereocenters. The van der Waals surface area contributed by atoms with Crippen LogP contribution in [0.15, 0.2) is 35.8 Å². The molecule has 7 nitrogen and oxygen atoms in total. The van der Waals surface area contributed by atoms with Crippen molar-refractivity contribution in [3.05, 3.63) is 35.8 Å². The molecule has 1 saturated carbocycles. The number of rotatable bonds is 15. The monoisotopic (exact) mass is 548 g/mol. The van der Waals surface area contributed by atoms with E-state index in [0.29, 0.717) is 37.2 Å². The molecular formula is C32H52O7. The average molecular weight is 549 g/mol. The summed E-state index contributed by atoms with van der Waals surface area (Å²) in [5.41, 5.74) is 0. The van der Waals surface area contributed by atoms with Crippen molar-refractivity contribution in [2.24, 2.45) is 17.8 Å². The summed E-state index contributed by atoms with van der Waals surface area (Å²) >= 11 is 0. The number of aliphatic hydroxyl groups is 1. The second kappa shape index (κ2) is 17.8. The molecule has 3 fully saturated rings. The summed E-state index contributed by atoms with van der Waals surface area (Å²) in [4.78, 5) is 12.8. The van der Waals surface area contributed by atoms with Crippen LogP contribution in [0.4, 0.5) is 0 Å². The molecule has 0 radical (unpaired) electrons. The number of carbonyl (C=O) groups is 1. The van der Waals surface area contributed by atoms with Gasteiger partial charge in [0, 0.05) is 19.3 Å². The Morgan fingerprint density at radius 2 is 1.69 bits per heavy atom. The van der Waals surface area contributed by atoms with Crippen LogP contribution in [0.3, 0.4) is 0 Å². The molecule has 6 atom stereocenters. The molecule has 0 spiro atoms. The number of unbranched alkanes of at least 4 members (excludes halogenated alkanes) is 1. The van der Waals surface area contributed by atoms with Crippen molar-refractivity contribution in [1.82, 2.24) is 0 Å². The largest absolute Gasteiger partial charge is 0.465 e. The van der Waals surface area contributed by atoms with Gasteiger partial charge in [-0.15, -0.1) is 0 Å². The van der Waals surface area contributed by atoms with Crippen LogP contribution in [0, 0.1) is 17.8 Å². The number of aliphatic hydroxyl groups excluding tert-OH is 1. The first-order valence-electron chi connectivity index (χ1n) is 15.4. The Morgan fingerprint density at radius 1 is 0.974 bits per heavy atom. The Labute approximate surface area is 235 Å². The molecule has 3 aliphatic rings. The maximum Gasteiger partial charge on any atom is 0.377 e. The van der Waals surface area contributed by atoms with Crippen LogP contribution in [-0.4, -0.2) is 50.1 Å². The van der Waals surface area contributed by atoms with Gasteiger partial charge < -0.3 is 28.8 Å². The van der Waals surface area contributed by atoms with Crippen LogP contribution >= 0.6 is 0 Å². The molecule has 7 heteroatoms. The van der Waals surface area contributed by atoms with E-state index in [0.717, 1.165) is 64.2 Å². The third-order valence-electron chi connectivity index (χ3n) is 8.11. The molecule has 1 aliphatic carbocycles. The second-order valence-electron chi connectivity index (χ2n) is 11.4. The van der Waals surface area contributed by atoms with Crippen LogP contribution < -0.4 is 0 Å². The van der Waals surface area contributed by atoms with Crippen LogP contribution in [0.2, 0.25) is 0 Å². The standard InChI is InChI=1S/C32H52O7/c1-4-5-13-24(2)14-12-15-25-20-21-27(33)26(25)16-6-7-17-28(38-29-18-8-10-22-36-29)31(32(34)35-3)39-30-19-9-11-23-37-30/h6-7,12,15,24-27,29-30,33H,4-5,8-11,13-14,16-23H2,1-3H3/b7-6-,15-12+,31-28+/t24-,25+,26-,27+,29?,30?/m1/s1. The van der Waals surface area contributed by atoms with E-state index in [1.165, 1.54) is 26.4 Å². The number of hydrogen-bond acceptors (Lipinski definition) is 7. The van der Waals surface area contributed by atoms with E-state index in [9.17, 15) is 9.90 Å². The first-order valence-corrected chi connectivity index (χ1v) is 15.4. The molecule has 0 aromatic carbocycles. The third kappa shape index (κ3) is 10.9. The van der Waals surface area contributed by atoms with Crippen LogP contribution in [-0.2, 0) is 28.5 Å². The lowest BCUT2D eigenvalue weighted by Crippen LogP contribution is -2.27. The molecule has 39 heavy (non-hydrogen) atoms. The summed E-state index contributed by atoms with van der Waals surface area (Å²) in [6.45, 7) is 5.81. The van der Waals surface area contributed by atoms with Crippen LogP contribution in [0.1, 0.15) is 104 Å².